The zero-order chi connectivity index (χ0) is 15.3. The maximum Gasteiger partial charge on any atom is 0.226 e. The molecule has 2 aromatic heterocycles. The Kier molecular flexibility index (Phi) is 3.07. The molecule has 4 nitrogen and oxygen atoms in total. The van der Waals surface area contributed by atoms with Crippen LogP contribution >= 0.6 is 0 Å². The van der Waals surface area contributed by atoms with Crippen molar-refractivity contribution in [3.63, 3.8) is 0 Å². The fourth-order valence-electron chi connectivity index (χ4n) is 5.76. The summed E-state index contributed by atoms with van der Waals surface area (Å²) in [5.41, 5.74) is 1.52. The van der Waals surface area contributed by atoms with E-state index in [1.165, 1.54) is 44.1 Å². The summed E-state index contributed by atoms with van der Waals surface area (Å²) in [6.07, 6.45) is 13.7. The van der Waals surface area contributed by atoms with Crippen molar-refractivity contribution in [2.45, 2.75) is 56.8 Å². The summed E-state index contributed by atoms with van der Waals surface area (Å²) in [5.74, 6) is 4.56. The molecule has 23 heavy (non-hydrogen) atoms. The van der Waals surface area contributed by atoms with E-state index in [0.29, 0.717) is 0 Å². The van der Waals surface area contributed by atoms with Gasteiger partial charge in [0.25, 0.3) is 0 Å². The molecule has 0 saturated heterocycles. The maximum absolute atomic E-state index is 5.60. The summed E-state index contributed by atoms with van der Waals surface area (Å²) >= 11 is 0. The Morgan fingerprint density at radius 1 is 0.957 bits per heavy atom. The van der Waals surface area contributed by atoms with Gasteiger partial charge in [0.1, 0.15) is 0 Å². The summed E-state index contributed by atoms with van der Waals surface area (Å²) in [5, 5.41) is 4.42. The van der Waals surface area contributed by atoms with Crippen molar-refractivity contribution in [2.24, 2.45) is 17.8 Å². The molecule has 6 rings (SSSR count). The van der Waals surface area contributed by atoms with Crippen molar-refractivity contribution in [3.8, 4) is 0 Å². The third-order valence-electron chi connectivity index (χ3n) is 6.36. The minimum absolute atomic E-state index is 0.243. The van der Waals surface area contributed by atoms with Crippen LogP contribution in [0.25, 0.3) is 0 Å². The first-order chi connectivity index (χ1) is 11.3. The summed E-state index contributed by atoms with van der Waals surface area (Å²) < 4.78 is 5.60. The normalized spacial score (nSPS) is 34.9. The van der Waals surface area contributed by atoms with Crippen LogP contribution in [0.4, 0.5) is 0 Å². The SMILES string of the molecule is c1cc(CCc2nc(C34CC5CC(CC(C5)C3)C4)no2)ccn1. The maximum atomic E-state index is 5.60. The van der Waals surface area contributed by atoms with Crippen molar-refractivity contribution in [2.75, 3.05) is 0 Å². The highest BCUT2D eigenvalue weighted by molar-refractivity contribution is 5.17. The highest BCUT2D eigenvalue weighted by Gasteiger charge is 2.53. The Hall–Kier alpha value is -1.71. The van der Waals surface area contributed by atoms with Crippen LogP contribution in [0, 0.1) is 17.8 Å². The second kappa shape index (κ2) is 5.15. The third-order valence-corrected chi connectivity index (χ3v) is 6.36. The highest BCUT2D eigenvalue weighted by atomic mass is 16.5. The van der Waals surface area contributed by atoms with E-state index in [4.69, 9.17) is 9.51 Å². The van der Waals surface area contributed by atoms with E-state index in [2.05, 4.69) is 22.3 Å². The number of hydrogen-bond acceptors (Lipinski definition) is 4. The molecule has 4 aliphatic carbocycles. The van der Waals surface area contributed by atoms with Gasteiger partial charge in [0.2, 0.25) is 5.89 Å². The van der Waals surface area contributed by atoms with Gasteiger partial charge in [-0.2, -0.15) is 4.98 Å². The lowest BCUT2D eigenvalue weighted by Crippen LogP contribution is -2.49. The molecule has 0 atom stereocenters. The lowest BCUT2D eigenvalue weighted by molar-refractivity contribution is -0.0103. The number of hydrogen-bond donors (Lipinski definition) is 0. The topological polar surface area (TPSA) is 51.8 Å². The van der Waals surface area contributed by atoms with Crippen molar-refractivity contribution in [1.82, 2.24) is 15.1 Å². The second-order valence-electron chi connectivity index (χ2n) is 8.07. The van der Waals surface area contributed by atoms with E-state index in [-0.39, 0.29) is 5.41 Å². The van der Waals surface area contributed by atoms with Gasteiger partial charge in [0.15, 0.2) is 5.82 Å². The molecule has 0 aliphatic heterocycles. The largest absolute Gasteiger partial charge is 0.339 e. The number of aromatic nitrogens is 3. The van der Waals surface area contributed by atoms with E-state index >= 15 is 0 Å². The Labute approximate surface area is 136 Å². The molecular weight excluding hydrogens is 286 g/mol. The van der Waals surface area contributed by atoms with Crippen LogP contribution in [-0.4, -0.2) is 15.1 Å². The van der Waals surface area contributed by atoms with Gasteiger partial charge in [-0.15, -0.1) is 0 Å². The molecule has 2 heterocycles. The zero-order valence-corrected chi connectivity index (χ0v) is 13.4. The van der Waals surface area contributed by atoms with E-state index in [1.54, 1.807) is 0 Å². The van der Waals surface area contributed by atoms with E-state index in [9.17, 15) is 0 Å². The molecule has 4 saturated carbocycles. The molecule has 4 heteroatoms. The van der Waals surface area contributed by atoms with Crippen LogP contribution < -0.4 is 0 Å². The lowest BCUT2D eigenvalue weighted by atomic mass is 9.49. The van der Waals surface area contributed by atoms with Gasteiger partial charge >= 0.3 is 0 Å². The first kappa shape index (κ1) is 13.7. The lowest BCUT2D eigenvalue weighted by Gasteiger charge is -2.55. The second-order valence-corrected chi connectivity index (χ2v) is 8.07. The monoisotopic (exact) mass is 309 g/mol. The molecule has 120 valence electrons. The number of rotatable bonds is 4. The standard InChI is InChI=1S/C19H23N3O/c1(13-3-5-20-6-4-13)2-17-21-18(22-23-17)19-10-14-7-15(11-19)9-16(8-14)12-19/h3-6,14-16H,1-2,7-12H2. The fourth-order valence-corrected chi connectivity index (χ4v) is 5.76. The van der Waals surface area contributed by atoms with E-state index < -0.39 is 0 Å². The molecule has 4 fully saturated rings. The van der Waals surface area contributed by atoms with Gasteiger partial charge in [-0.1, -0.05) is 5.16 Å². The van der Waals surface area contributed by atoms with Gasteiger partial charge in [0, 0.05) is 24.2 Å². The molecule has 2 aromatic rings. The van der Waals surface area contributed by atoms with E-state index in [1.807, 2.05) is 12.4 Å². The minimum Gasteiger partial charge on any atom is -0.339 e. The van der Waals surface area contributed by atoms with Gasteiger partial charge in [-0.25, -0.2) is 0 Å². The number of pyridine rings is 1. The minimum atomic E-state index is 0.243. The van der Waals surface area contributed by atoms with Crippen LogP contribution in [0.3, 0.4) is 0 Å². The van der Waals surface area contributed by atoms with Gasteiger partial charge in [-0.05, 0) is 80.4 Å². The van der Waals surface area contributed by atoms with Crippen LogP contribution in [0.1, 0.15) is 55.8 Å². The molecular formula is C19H23N3O. The zero-order valence-electron chi connectivity index (χ0n) is 13.4. The number of aryl methyl sites for hydroxylation is 2. The Morgan fingerprint density at radius 2 is 1.61 bits per heavy atom. The Bertz CT molecular complexity index is 658. The Morgan fingerprint density at radius 3 is 2.26 bits per heavy atom. The first-order valence-corrected chi connectivity index (χ1v) is 9.01. The molecule has 4 aliphatic rings. The molecule has 0 aromatic carbocycles. The fraction of sp³-hybridized carbons (Fsp3) is 0.632. The molecule has 0 unspecified atom stereocenters. The van der Waals surface area contributed by atoms with Gasteiger partial charge in [-0.3, -0.25) is 4.98 Å². The van der Waals surface area contributed by atoms with Crippen molar-refractivity contribution in [3.05, 3.63) is 41.8 Å². The van der Waals surface area contributed by atoms with Crippen molar-refractivity contribution >= 4 is 0 Å². The molecule has 4 bridgehead atoms. The summed E-state index contributed by atoms with van der Waals surface area (Å²) in [6, 6.07) is 4.10. The number of nitrogens with zero attached hydrogens (tertiary/aromatic N) is 3. The summed E-state index contributed by atoms with van der Waals surface area (Å²) in [4.78, 5) is 8.88. The summed E-state index contributed by atoms with van der Waals surface area (Å²) in [6.45, 7) is 0. The average molecular weight is 309 g/mol. The van der Waals surface area contributed by atoms with Crippen LogP contribution in [0.15, 0.2) is 29.0 Å². The molecule has 0 radical (unpaired) electrons. The summed E-state index contributed by atoms with van der Waals surface area (Å²) in [7, 11) is 0. The van der Waals surface area contributed by atoms with Gasteiger partial charge in [0.05, 0.1) is 0 Å². The quantitative estimate of drug-likeness (QED) is 0.864. The van der Waals surface area contributed by atoms with Crippen LogP contribution in [-0.2, 0) is 18.3 Å². The molecule has 0 spiro atoms. The molecule has 0 amide bonds. The Balaban J connectivity index is 1.33. The van der Waals surface area contributed by atoms with Crippen LogP contribution in [0.2, 0.25) is 0 Å². The predicted molar refractivity (Wildman–Crippen MR) is 85.8 cm³/mol. The van der Waals surface area contributed by atoms with E-state index in [0.717, 1.165) is 42.3 Å². The van der Waals surface area contributed by atoms with Crippen molar-refractivity contribution < 1.29 is 4.52 Å². The van der Waals surface area contributed by atoms with Crippen molar-refractivity contribution in [1.29, 1.82) is 0 Å². The molecule has 0 N–H and O–H groups in total. The third kappa shape index (κ3) is 2.39. The first-order valence-electron chi connectivity index (χ1n) is 9.01. The average Bonchev–Trinajstić information content (AvgIpc) is 3.02. The predicted octanol–water partition coefficient (Wildman–Crippen LogP) is 3.72. The highest BCUT2D eigenvalue weighted by Crippen LogP contribution is 2.60. The van der Waals surface area contributed by atoms with Gasteiger partial charge < -0.3 is 4.52 Å². The smallest absolute Gasteiger partial charge is 0.226 e. The van der Waals surface area contributed by atoms with Crippen LogP contribution in [0.5, 0.6) is 0 Å².